The van der Waals surface area contributed by atoms with Crippen LogP contribution in [-0.4, -0.2) is 4.57 Å². The molecule has 2 saturated carbocycles. The zero-order chi connectivity index (χ0) is 10.4. The van der Waals surface area contributed by atoms with Gasteiger partial charge >= 0.3 is 0 Å². The molecule has 3 nitrogen and oxygen atoms in total. The fourth-order valence-electron chi connectivity index (χ4n) is 2.96. The van der Waals surface area contributed by atoms with Gasteiger partial charge in [0, 0.05) is 24.5 Å². The molecule has 3 rings (SSSR count). The summed E-state index contributed by atoms with van der Waals surface area (Å²) in [6, 6.07) is 3.23. The first kappa shape index (κ1) is 9.01. The van der Waals surface area contributed by atoms with Gasteiger partial charge < -0.3 is 10.3 Å². The van der Waals surface area contributed by atoms with E-state index in [9.17, 15) is 4.79 Å². The van der Waals surface area contributed by atoms with Gasteiger partial charge in [0.25, 0.3) is 5.56 Å². The molecule has 80 valence electrons. The molecule has 0 bridgehead atoms. The smallest absolute Gasteiger partial charge is 0.250 e. The summed E-state index contributed by atoms with van der Waals surface area (Å²) in [6.45, 7) is 0.858. The number of pyridine rings is 1. The van der Waals surface area contributed by atoms with Gasteiger partial charge in [-0.15, -0.1) is 0 Å². The lowest BCUT2D eigenvalue weighted by atomic mass is 10.0. The average Bonchev–Trinajstić information content (AvgIpc) is 2.81. The maximum Gasteiger partial charge on any atom is 0.250 e. The first-order chi connectivity index (χ1) is 7.22. The SMILES string of the molecule is Nc1ccc(=O)n(CC2CC3CC3C2)c1. The van der Waals surface area contributed by atoms with E-state index in [-0.39, 0.29) is 5.56 Å². The van der Waals surface area contributed by atoms with Crippen molar-refractivity contribution in [3.63, 3.8) is 0 Å². The summed E-state index contributed by atoms with van der Waals surface area (Å²) in [5.41, 5.74) is 6.43. The van der Waals surface area contributed by atoms with Crippen molar-refractivity contribution in [3.05, 3.63) is 28.7 Å². The topological polar surface area (TPSA) is 48.0 Å². The molecule has 0 radical (unpaired) electrons. The van der Waals surface area contributed by atoms with Crippen molar-refractivity contribution < 1.29 is 0 Å². The Labute approximate surface area is 88.9 Å². The van der Waals surface area contributed by atoms with Gasteiger partial charge in [-0.2, -0.15) is 0 Å². The minimum absolute atomic E-state index is 0.0739. The fourth-order valence-corrected chi connectivity index (χ4v) is 2.96. The second-order valence-corrected chi connectivity index (χ2v) is 5.05. The lowest BCUT2D eigenvalue weighted by Gasteiger charge is -2.13. The number of hydrogen-bond donors (Lipinski definition) is 1. The molecule has 0 aromatic carbocycles. The lowest BCUT2D eigenvalue weighted by Crippen LogP contribution is -2.22. The van der Waals surface area contributed by atoms with E-state index in [1.807, 2.05) is 0 Å². The third-order valence-electron chi connectivity index (χ3n) is 3.80. The van der Waals surface area contributed by atoms with Crippen LogP contribution in [0.5, 0.6) is 0 Å². The highest BCUT2D eigenvalue weighted by Crippen LogP contribution is 2.54. The Bertz CT molecular complexity index is 427. The van der Waals surface area contributed by atoms with Crippen LogP contribution in [0.2, 0.25) is 0 Å². The second kappa shape index (κ2) is 3.12. The molecule has 15 heavy (non-hydrogen) atoms. The monoisotopic (exact) mass is 204 g/mol. The molecule has 0 saturated heterocycles. The Morgan fingerprint density at radius 2 is 2.00 bits per heavy atom. The van der Waals surface area contributed by atoms with E-state index in [2.05, 4.69) is 0 Å². The van der Waals surface area contributed by atoms with Crippen LogP contribution in [0.3, 0.4) is 0 Å². The van der Waals surface area contributed by atoms with Gasteiger partial charge in [-0.25, -0.2) is 0 Å². The molecule has 1 heterocycles. The van der Waals surface area contributed by atoms with E-state index >= 15 is 0 Å². The Kier molecular flexibility index (Phi) is 1.87. The largest absolute Gasteiger partial charge is 0.398 e. The number of nitrogens with two attached hydrogens (primary N) is 1. The van der Waals surface area contributed by atoms with Crippen molar-refractivity contribution >= 4 is 5.69 Å². The molecule has 2 aliphatic carbocycles. The van der Waals surface area contributed by atoms with Crippen LogP contribution < -0.4 is 11.3 Å². The van der Waals surface area contributed by atoms with Gasteiger partial charge in [0.1, 0.15) is 0 Å². The standard InChI is InChI=1S/C12H16N2O/c13-11-1-2-12(15)14(7-11)6-8-3-9-5-10(9)4-8/h1-2,7-10H,3-6,13H2. The van der Waals surface area contributed by atoms with E-state index in [0.29, 0.717) is 11.6 Å². The van der Waals surface area contributed by atoms with Crippen LogP contribution in [0.25, 0.3) is 0 Å². The van der Waals surface area contributed by atoms with Crippen molar-refractivity contribution in [1.82, 2.24) is 4.57 Å². The molecule has 0 aliphatic heterocycles. The number of anilines is 1. The molecule has 3 heteroatoms. The molecule has 1 aromatic heterocycles. The van der Waals surface area contributed by atoms with Crippen LogP contribution >= 0.6 is 0 Å². The molecule has 2 fully saturated rings. The van der Waals surface area contributed by atoms with E-state index in [1.165, 1.54) is 19.3 Å². The number of aromatic nitrogens is 1. The summed E-state index contributed by atoms with van der Waals surface area (Å²) in [5.74, 6) is 2.66. The number of rotatable bonds is 2. The van der Waals surface area contributed by atoms with Crippen LogP contribution in [0, 0.1) is 17.8 Å². The summed E-state index contributed by atoms with van der Waals surface area (Å²) < 4.78 is 1.77. The van der Waals surface area contributed by atoms with Crippen LogP contribution in [-0.2, 0) is 6.54 Å². The summed E-state index contributed by atoms with van der Waals surface area (Å²) >= 11 is 0. The Morgan fingerprint density at radius 1 is 1.27 bits per heavy atom. The third-order valence-corrected chi connectivity index (χ3v) is 3.80. The van der Waals surface area contributed by atoms with E-state index in [1.54, 1.807) is 22.9 Å². The zero-order valence-electron chi connectivity index (χ0n) is 8.73. The van der Waals surface area contributed by atoms with Gasteiger partial charge in [0.2, 0.25) is 0 Å². The Hall–Kier alpha value is -1.25. The van der Waals surface area contributed by atoms with Crippen molar-refractivity contribution in [1.29, 1.82) is 0 Å². The summed E-state index contributed by atoms with van der Waals surface area (Å²) in [7, 11) is 0. The van der Waals surface area contributed by atoms with Gasteiger partial charge in [0.05, 0.1) is 0 Å². The highest BCUT2D eigenvalue weighted by atomic mass is 16.1. The molecule has 1 aromatic rings. The molecule has 0 spiro atoms. The lowest BCUT2D eigenvalue weighted by molar-refractivity contribution is 0.411. The molecular formula is C12H16N2O. The fraction of sp³-hybridized carbons (Fsp3) is 0.583. The molecule has 0 amide bonds. The summed E-state index contributed by atoms with van der Waals surface area (Å²) in [5, 5.41) is 0. The summed E-state index contributed by atoms with van der Waals surface area (Å²) in [4.78, 5) is 11.6. The third kappa shape index (κ3) is 1.66. The maximum atomic E-state index is 11.6. The molecular weight excluding hydrogens is 188 g/mol. The first-order valence-electron chi connectivity index (χ1n) is 5.68. The van der Waals surface area contributed by atoms with Gasteiger partial charge in [0.15, 0.2) is 0 Å². The maximum absolute atomic E-state index is 11.6. The average molecular weight is 204 g/mol. The minimum atomic E-state index is 0.0739. The van der Waals surface area contributed by atoms with Crippen molar-refractivity contribution in [2.45, 2.75) is 25.8 Å². The Balaban J connectivity index is 1.76. The quantitative estimate of drug-likeness (QED) is 0.793. The minimum Gasteiger partial charge on any atom is -0.398 e. The Morgan fingerprint density at radius 3 is 2.73 bits per heavy atom. The normalized spacial score (nSPS) is 32.7. The van der Waals surface area contributed by atoms with Gasteiger partial charge in [-0.3, -0.25) is 4.79 Å². The zero-order valence-corrected chi connectivity index (χ0v) is 8.73. The molecule has 2 aliphatic rings. The van der Waals surface area contributed by atoms with E-state index < -0.39 is 0 Å². The number of hydrogen-bond acceptors (Lipinski definition) is 2. The van der Waals surface area contributed by atoms with Crippen LogP contribution in [0.1, 0.15) is 19.3 Å². The van der Waals surface area contributed by atoms with Crippen molar-refractivity contribution in [2.24, 2.45) is 17.8 Å². The van der Waals surface area contributed by atoms with E-state index in [4.69, 9.17) is 5.73 Å². The van der Waals surface area contributed by atoms with Crippen LogP contribution in [0.4, 0.5) is 5.69 Å². The number of nitrogen functional groups attached to an aromatic ring is 1. The van der Waals surface area contributed by atoms with Crippen molar-refractivity contribution in [3.8, 4) is 0 Å². The molecule has 2 N–H and O–H groups in total. The van der Waals surface area contributed by atoms with Gasteiger partial charge in [-0.1, -0.05) is 0 Å². The van der Waals surface area contributed by atoms with E-state index in [0.717, 1.165) is 18.4 Å². The van der Waals surface area contributed by atoms with Crippen molar-refractivity contribution in [2.75, 3.05) is 5.73 Å². The number of fused-ring (bicyclic) bond motifs is 1. The highest BCUT2D eigenvalue weighted by Gasteiger charge is 2.45. The molecule has 2 atom stereocenters. The predicted molar refractivity (Wildman–Crippen MR) is 59.4 cm³/mol. The first-order valence-corrected chi connectivity index (χ1v) is 5.68. The highest BCUT2D eigenvalue weighted by molar-refractivity contribution is 5.33. The summed E-state index contributed by atoms with van der Waals surface area (Å²) in [6.07, 6.45) is 5.83. The second-order valence-electron chi connectivity index (χ2n) is 5.05. The predicted octanol–water partition coefficient (Wildman–Crippen LogP) is 1.48. The number of nitrogens with zero attached hydrogens (tertiary/aromatic N) is 1. The van der Waals surface area contributed by atoms with Crippen LogP contribution in [0.15, 0.2) is 23.1 Å². The van der Waals surface area contributed by atoms with Gasteiger partial charge in [-0.05, 0) is 43.1 Å². The molecule has 2 unspecified atom stereocenters.